The number of rotatable bonds is 2. The molecule has 0 aromatic rings. The van der Waals surface area contributed by atoms with E-state index < -0.39 is 5.60 Å². The van der Waals surface area contributed by atoms with Crippen LogP contribution in [0.5, 0.6) is 0 Å². The first-order valence-electron chi connectivity index (χ1n) is 7.54. The fourth-order valence-corrected chi connectivity index (χ4v) is 3.25. The van der Waals surface area contributed by atoms with Gasteiger partial charge in [0.15, 0.2) is 0 Å². The summed E-state index contributed by atoms with van der Waals surface area (Å²) in [4.78, 5) is 14.9. The quantitative estimate of drug-likeness (QED) is 0.830. The van der Waals surface area contributed by atoms with Crippen LogP contribution in [0.1, 0.15) is 46.0 Å². The van der Waals surface area contributed by atoms with Gasteiger partial charge in [-0.05, 0) is 50.6 Å². The van der Waals surface area contributed by atoms with Gasteiger partial charge in [-0.2, -0.15) is 0 Å². The molecule has 4 nitrogen and oxygen atoms in total. The molecule has 1 N–H and O–H groups in total. The van der Waals surface area contributed by atoms with Crippen LogP contribution in [-0.4, -0.2) is 49.7 Å². The minimum absolute atomic E-state index is 0.217. The van der Waals surface area contributed by atoms with Crippen molar-refractivity contribution in [3.8, 4) is 0 Å². The largest absolute Gasteiger partial charge is 0.368 e. The fraction of sp³-hybridized carbons (Fsp3) is 0.933. The number of nitrogens with one attached hydrogen (secondary N) is 1. The van der Waals surface area contributed by atoms with Gasteiger partial charge in [0, 0.05) is 20.2 Å². The normalized spacial score (nSPS) is 26.8. The molecule has 0 radical (unpaired) electrons. The third-order valence-electron chi connectivity index (χ3n) is 4.82. The van der Waals surface area contributed by atoms with Crippen LogP contribution in [-0.2, 0) is 9.53 Å². The SMILES string of the molecule is COC1(C(=O)N2CCCC(C)(C)CC2)CCNCC1. The Morgan fingerprint density at radius 2 is 1.79 bits per heavy atom. The van der Waals surface area contributed by atoms with E-state index in [0.29, 0.717) is 5.41 Å². The van der Waals surface area contributed by atoms with Crippen molar-refractivity contribution < 1.29 is 9.53 Å². The topological polar surface area (TPSA) is 41.6 Å². The molecule has 2 fully saturated rings. The van der Waals surface area contributed by atoms with Crippen LogP contribution in [0.25, 0.3) is 0 Å². The number of ether oxygens (including phenoxy) is 1. The number of carbonyl (C=O) groups excluding carboxylic acids is 1. The second kappa shape index (κ2) is 5.80. The highest BCUT2D eigenvalue weighted by atomic mass is 16.5. The second-order valence-corrected chi connectivity index (χ2v) is 6.76. The van der Waals surface area contributed by atoms with Gasteiger partial charge in [-0.25, -0.2) is 0 Å². The Hall–Kier alpha value is -0.610. The average Bonchev–Trinajstić information content (AvgIpc) is 2.59. The van der Waals surface area contributed by atoms with Gasteiger partial charge in [-0.15, -0.1) is 0 Å². The van der Waals surface area contributed by atoms with E-state index >= 15 is 0 Å². The highest BCUT2D eigenvalue weighted by Crippen LogP contribution is 2.32. The highest BCUT2D eigenvalue weighted by molar-refractivity contribution is 5.85. The van der Waals surface area contributed by atoms with Crippen molar-refractivity contribution in [2.45, 2.75) is 51.6 Å². The van der Waals surface area contributed by atoms with Gasteiger partial charge in [-0.1, -0.05) is 13.8 Å². The van der Waals surface area contributed by atoms with Gasteiger partial charge < -0.3 is 15.0 Å². The maximum Gasteiger partial charge on any atom is 0.254 e. The number of likely N-dealkylation sites (tertiary alicyclic amines) is 1. The number of amides is 1. The van der Waals surface area contributed by atoms with Gasteiger partial charge in [0.2, 0.25) is 0 Å². The fourth-order valence-electron chi connectivity index (χ4n) is 3.25. The van der Waals surface area contributed by atoms with Crippen LogP contribution >= 0.6 is 0 Å². The Bertz CT molecular complexity index is 322. The Labute approximate surface area is 116 Å². The molecule has 0 spiro atoms. The van der Waals surface area contributed by atoms with Crippen LogP contribution in [0.2, 0.25) is 0 Å². The lowest BCUT2D eigenvalue weighted by atomic mass is 9.85. The zero-order valence-electron chi connectivity index (χ0n) is 12.6. The van der Waals surface area contributed by atoms with E-state index in [2.05, 4.69) is 19.2 Å². The molecule has 0 bridgehead atoms. The first-order chi connectivity index (χ1) is 8.99. The molecule has 0 saturated carbocycles. The molecular weight excluding hydrogens is 240 g/mol. The van der Waals surface area contributed by atoms with Gasteiger partial charge in [0.05, 0.1) is 0 Å². The molecular formula is C15H28N2O2. The van der Waals surface area contributed by atoms with Crippen molar-refractivity contribution in [2.24, 2.45) is 5.41 Å². The lowest BCUT2D eigenvalue weighted by molar-refractivity contribution is -0.158. The molecule has 0 unspecified atom stereocenters. The number of methoxy groups -OCH3 is 1. The standard InChI is InChI=1S/C15H28N2O2/c1-14(2)5-4-11-17(12-8-14)13(18)15(19-3)6-9-16-10-7-15/h16H,4-12H2,1-3H3. The van der Waals surface area contributed by atoms with Gasteiger partial charge in [0.25, 0.3) is 5.91 Å². The van der Waals surface area contributed by atoms with Crippen LogP contribution < -0.4 is 5.32 Å². The summed E-state index contributed by atoms with van der Waals surface area (Å²) in [6.45, 7) is 8.12. The van der Waals surface area contributed by atoms with E-state index in [1.54, 1.807) is 7.11 Å². The van der Waals surface area contributed by atoms with Gasteiger partial charge >= 0.3 is 0 Å². The highest BCUT2D eigenvalue weighted by Gasteiger charge is 2.42. The number of piperidine rings is 1. The number of carbonyl (C=O) groups is 1. The van der Waals surface area contributed by atoms with Gasteiger partial charge in [0.1, 0.15) is 5.60 Å². The maximum atomic E-state index is 12.8. The summed E-state index contributed by atoms with van der Waals surface area (Å²) in [5, 5.41) is 3.31. The zero-order valence-corrected chi connectivity index (χ0v) is 12.6. The summed E-state index contributed by atoms with van der Waals surface area (Å²) >= 11 is 0. The average molecular weight is 268 g/mol. The predicted octanol–water partition coefficient (Wildman–Crippen LogP) is 1.79. The molecule has 4 heteroatoms. The van der Waals surface area contributed by atoms with Crippen molar-refractivity contribution in [3.05, 3.63) is 0 Å². The Balaban J connectivity index is 2.05. The molecule has 2 heterocycles. The van der Waals surface area contributed by atoms with E-state index in [0.717, 1.165) is 51.9 Å². The molecule has 2 rings (SSSR count). The summed E-state index contributed by atoms with van der Waals surface area (Å²) in [5.41, 5.74) is -0.205. The van der Waals surface area contributed by atoms with E-state index in [-0.39, 0.29) is 5.91 Å². The van der Waals surface area contributed by atoms with E-state index in [1.807, 2.05) is 4.90 Å². The Kier molecular flexibility index (Phi) is 4.51. The van der Waals surface area contributed by atoms with Crippen molar-refractivity contribution in [1.82, 2.24) is 10.2 Å². The molecule has 0 aromatic heterocycles. The summed E-state index contributed by atoms with van der Waals surface area (Å²) in [6.07, 6.45) is 5.00. The summed E-state index contributed by atoms with van der Waals surface area (Å²) in [5.74, 6) is 0.217. The van der Waals surface area contributed by atoms with E-state index in [4.69, 9.17) is 4.74 Å². The summed E-state index contributed by atoms with van der Waals surface area (Å²) < 4.78 is 5.66. The lowest BCUT2D eigenvalue weighted by Crippen LogP contribution is -2.55. The molecule has 1 amide bonds. The Morgan fingerprint density at radius 3 is 2.42 bits per heavy atom. The van der Waals surface area contributed by atoms with Crippen LogP contribution in [0.4, 0.5) is 0 Å². The molecule has 0 atom stereocenters. The molecule has 2 aliphatic heterocycles. The lowest BCUT2D eigenvalue weighted by Gasteiger charge is -2.38. The van der Waals surface area contributed by atoms with Crippen LogP contribution in [0.15, 0.2) is 0 Å². The second-order valence-electron chi connectivity index (χ2n) is 6.76. The summed E-state index contributed by atoms with van der Waals surface area (Å²) in [7, 11) is 1.69. The van der Waals surface area contributed by atoms with E-state index in [9.17, 15) is 4.79 Å². The smallest absolute Gasteiger partial charge is 0.254 e. The minimum atomic E-state index is -0.570. The van der Waals surface area contributed by atoms with Crippen LogP contribution in [0.3, 0.4) is 0 Å². The first-order valence-corrected chi connectivity index (χ1v) is 7.54. The van der Waals surface area contributed by atoms with Crippen molar-refractivity contribution in [3.63, 3.8) is 0 Å². The monoisotopic (exact) mass is 268 g/mol. The van der Waals surface area contributed by atoms with Crippen molar-refractivity contribution in [1.29, 1.82) is 0 Å². The van der Waals surface area contributed by atoms with Crippen molar-refractivity contribution in [2.75, 3.05) is 33.3 Å². The first kappa shape index (κ1) is 14.8. The van der Waals surface area contributed by atoms with Crippen molar-refractivity contribution >= 4 is 5.91 Å². The Morgan fingerprint density at radius 1 is 1.11 bits per heavy atom. The third-order valence-corrected chi connectivity index (χ3v) is 4.82. The molecule has 19 heavy (non-hydrogen) atoms. The molecule has 110 valence electrons. The number of nitrogens with zero attached hydrogens (tertiary/aromatic N) is 1. The molecule has 2 saturated heterocycles. The predicted molar refractivity (Wildman–Crippen MR) is 76.1 cm³/mol. The van der Waals surface area contributed by atoms with Crippen LogP contribution in [0, 0.1) is 5.41 Å². The van der Waals surface area contributed by atoms with Gasteiger partial charge in [-0.3, -0.25) is 4.79 Å². The van der Waals surface area contributed by atoms with E-state index in [1.165, 1.54) is 6.42 Å². The molecule has 0 aromatic carbocycles. The number of hydrogen-bond acceptors (Lipinski definition) is 3. The molecule has 0 aliphatic carbocycles. The maximum absolute atomic E-state index is 12.8. The number of hydrogen-bond donors (Lipinski definition) is 1. The summed E-state index contributed by atoms with van der Waals surface area (Å²) in [6, 6.07) is 0. The minimum Gasteiger partial charge on any atom is -0.368 e. The molecule has 2 aliphatic rings. The zero-order chi connectivity index (χ0) is 13.9. The third kappa shape index (κ3) is 3.29.